The van der Waals surface area contributed by atoms with Crippen LogP contribution >= 0.6 is 12.2 Å². The van der Waals surface area contributed by atoms with Crippen molar-refractivity contribution in [1.82, 2.24) is 9.55 Å². The number of carbonyl (C=O) groups excluding carboxylic acids is 1. The van der Waals surface area contributed by atoms with Gasteiger partial charge in [-0.1, -0.05) is 37.3 Å². The predicted octanol–water partition coefficient (Wildman–Crippen LogP) is 2.22. The van der Waals surface area contributed by atoms with Crippen molar-refractivity contribution in [2.75, 3.05) is 7.11 Å². The largest absolute Gasteiger partial charge is 0.494 e. The van der Waals surface area contributed by atoms with Gasteiger partial charge in [0.15, 0.2) is 10.8 Å². The second-order valence-electron chi connectivity index (χ2n) is 5.66. The van der Waals surface area contributed by atoms with Crippen molar-refractivity contribution in [2.45, 2.75) is 32.4 Å². The van der Waals surface area contributed by atoms with E-state index in [0.29, 0.717) is 13.0 Å². The molecular formula is C18H21N3O4S. The van der Waals surface area contributed by atoms with Crippen molar-refractivity contribution in [3.05, 3.63) is 56.6 Å². The number of rotatable bonds is 7. The normalized spacial score (nSPS) is 12.2. The molecule has 0 radical (unpaired) electrons. The lowest BCUT2D eigenvalue weighted by Gasteiger charge is -2.12. The molecule has 8 heteroatoms. The summed E-state index contributed by atoms with van der Waals surface area (Å²) in [5.41, 5.74) is 0.293. The summed E-state index contributed by atoms with van der Waals surface area (Å²) in [7, 11) is 1.28. The minimum absolute atomic E-state index is 0.0472. The Morgan fingerprint density at radius 2 is 2.12 bits per heavy atom. The lowest BCUT2D eigenvalue weighted by atomic mass is 10.1. The first-order chi connectivity index (χ1) is 12.5. The fourth-order valence-corrected chi connectivity index (χ4v) is 2.73. The van der Waals surface area contributed by atoms with E-state index in [-0.39, 0.29) is 16.2 Å². The molecule has 0 saturated heterocycles. The van der Waals surface area contributed by atoms with Crippen LogP contribution in [0.3, 0.4) is 0 Å². The third kappa shape index (κ3) is 4.66. The number of aliphatic imine (C=N–C) groups is 1. The Kier molecular flexibility index (Phi) is 6.85. The van der Waals surface area contributed by atoms with Crippen LogP contribution in [0.2, 0.25) is 0 Å². The van der Waals surface area contributed by atoms with Crippen LogP contribution < -0.4 is 5.56 Å². The molecule has 0 aliphatic carbocycles. The third-order valence-electron chi connectivity index (χ3n) is 3.78. The molecule has 2 aromatic rings. The van der Waals surface area contributed by atoms with E-state index in [4.69, 9.17) is 17.0 Å². The highest BCUT2D eigenvalue weighted by molar-refractivity contribution is 7.71. The molecule has 0 fully saturated rings. The maximum Gasteiger partial charge on any atom is 0.330 e. The summed E-state index contributed by atoms with van der Waals surface area (Å²) in [5.74, 6) is -0.796. The van der Waals surface area contributed by atoms with E-state index in [0.717, 1.165) is 12.0 Å². The number of H-pyrrole nitrogens is 1. The quantitative estimate of drug-likeness (QED) is 0.439. The Labute approximate surface area is 156 Å². The Hall–Kier alpha value is -2.74. The van der Waals surface area contributed by atoms with Gasteiger partial charge in [-0.2, -0.15) is 0 Å². The summed E-state index contributed by atoms with van der Waals surface area (Å²) in [6.45, 7) is 2.37. The zero-order valence-electron chi connectivity index (χ0n) is 14.6. The number of hydrogen-bond acceptors (Lipinski definition) is 6. The van der Waals surface area contributed by atoms with Crippen LogP contribution in [0.1, 0.15) is 24.5 Å². The topological polar surface area (TPSA) is 96.7 Å². The van der Waals surface area contributed by atoms with Crippen LogP contribution in [0.15, 0.2) is 40.1 Å². The van der Waals surface area contributed by atoms with Gasteiger partial charge in [-0.05, 0) is 24.2 Å². The highest BCUT2D eigenvalue weighted by Gasteiger charge is 2.19. The van der Waals surface area contributed by atoms with E-state index >= 15 is 0 Å². The zero-order chi connectivity index (χ0) is 19.1. The highest BCUT2D eigenvalue weighted by Crippen LogP contribution is 2.13. The van der Waals surface area contributed by atoms with Gasteiger partial charge in [0.05, 0.1) is 7.11 Å². The predicted molar refractivity (Wildman–Crippen MR) is 101 cm³/mol. The summed E-state index contributed by atoms with van der Waals surface area (Å²) >= 11 is 5.06. The number of benzene rings is 1. The first-order valence-electron chi connectivity index (χ1n) is 8.19. The van der Waals surface area contributed by atoms with E-state index in [1.54, 1.807) is 0 Å². The number of nitrogens with zero attached hydrogens (tertiary/aromatic N) is 2. The van der Waals surface area contributed by atoms with E-state index in [9.17, 15) is 14.7 Å². The summed E-state index contributed by atoms with van der Waals surface area (Å²) in [6, 6.07) is 8.51. The molecule has 0 bridgehead atoms. The Morgan fingerprint density at radius 3 is 2.73 bits per heavy atom. The molecule has 0 amide bonds. The van der Waals surface area contributed by atoms with E-state index in [1.165, 1.54) is 17.9 Å². The van der Waals surface area contributed by atoms with Crippen LogP contribution in [-0.4, -0.2) is 40.0 Å². The minimum Gasteiger partial charge on any atom is -0.494 e. The fourth-order valence-electron chi connectivity index (χ4n) is 2.46. The number of aromatic nitrogens is 2. The lowest BCUT2D eigenvalue weighted by molar-refractivity contribution is -0.142. The summed E-state index contributed by atoms with van der Waals surface area (Å²) in [4.78, 5) is 30.8. The van der Waals surface area contributed by atoms with Crippen LogP contribution in [0.25, 0.3) is 0 Å². The Morgan fingerprint density at radius 1 is 1.42 bits per heavy atom. The number of esters is 1. The molecule has 26 heavy (non-hydrogen) atoms. The molecule has 0 unspecified atom stereocenters. The summed E-state index contributed by atoms with van der Waals surface area (Å²) < 4.78 is 6.35. The van der Waals surface area contributed by atoms with Crippen molar-refractivity contribution >= 4 is 24.4 Å². The van der Waals surface area contributed by atoms with Crippen LogP contribution in [0.4, 0.5) is 0 Å². The molecule has 0 spiro atoms. The van der Waals surface area contributed by atoms with Gasteiger partial charge in [0.1, 0.15) is 5.56 Å². The number of nitrogens with one attached hydrogen (secondary N) is 1. The van der Waals surface area contributed by atoms with Gasteiger partial charge in [0, 0.05) is 19.2 Å². The maximum absolute atomic E-state index is 12.1. The molecule has 1 aromatic heterocycles. The molecule has 1 atom stereocenters. The molecule has 0 aliphatic rings. The van der Waals surface area contributed by atoms with Gasteiger partial charge in [-0.3, -0.25) is 19.3 Å². The molecule has 2 N–H and O–H groups in total. The van der Waals surface area contributed by atoms with Crippen LogP contribution in [-0.2, 0) is 22.5 Å². The van der Waals surface area contributed by atoms with Crippen LogP contribution in [0, 0.1) is 4.77 Å². The SMILES string of the molecule is CCCn1c(O)c(C=N[C@@H](Cc2ccccc2)C(=O)OC)c(=O)[nH]c1=S. The first-order valence-corrected chi connectivity index (χ1v) is 8.59. The second kappa shape index (κ2) is 9.10. The van der Waals surface area contributed by atoms with Crippen molar-refractivity contribution in [3.63, 3.8) is 0 Å². The number of carbonyl (C=O) groups is 1. The first kappa shape index (κ1) is 19.6. The van der Waals surface area contributed by atoms with Gasteiger partial charge in [-0.15, -0.1) is 0 Å². The number of aromatic hydroxyl groups is 1. The zero-order valence-corrected chi connectivity index (χ0v) is 15.5. The second-order valence-corrected chi connectivity index (χ2v) is 6.04. The average Bonchev–Trinajstić information content (AvgIpc) is 2.64. The van der Waals surface area contributed by atoms with Crippen molar-refractivity contribution in [1.29, 1.82) is 0 Å². The summed E-state index contributed by atoms with van der Waals surface area (Å²) in [5, 5.41) is 10.3. The van der Waals surface area contributed by atoms with E-state index in [2.05, 4.69) is 9.98 Å². The van der Waals surface area contributed by atoms with Crippen molar-refractivity contribution < 1.29 is 14.6 Å². The number of hydrogen-bond donors (Lipinski definition) is 2. The molecule has 138 valence electrons. The molecular weight excluding hydrogens is 354 g/mol. The van der Waals surface area contributed by atoms with Crippen molar-refractivity contribution in [3.8, 4) is 5.88 Å². The molecule has 0 aliphatic heterocycles. The molecule has 1 aromatic carbocycles. The van der Waals surface area contributed by atoms with Gasteiger partial charge >= 0.3 is 5.97 Å². The highest BCUT2D eigenvalue weighted by atomic mass is 32.1. The molecule has 7 nitrogen and oxygen atoms in total. The lowest BCUT2D eigenvalue weighted by Crippen LogP contribution is -2.24. The Balaban J connectivity index is 2.38. The minimum atomic E-state index is -0.830. The van der Waals surface area contributed by atoms with Crippen molar-refractivity contribution in [2.24, 2.45) is 4.99 Å². The Bertz CT molecular complexity index is 903. The smallest absolute Gasteiger partial charge is 0.330 e. The van der Waals surface area contributed by atoms with Gasteiger partial charge in [0.2, 0.25) is 5.88 Å². The summed E-state index contributed by atoms with van der Waals surface area (Å²) in [6.07, 6.45) is 2.24. The standard InChI is InChI=1S/C18H21N3O4S/c1-3-9-21-16(23)13(15(22)20-18(21)26)11-19-14(17(24)25-2)10-12-7-5-4-6-8-12/h4-8,11,14,23H,3,9-10H2,1-2H3,(H,20,22,26)/t14-/m0/s1. The molecule has 0 saturated carbocycles. The third-order valence-corrected chi connectivity index (χ3v) is 4.11. The van der Waals surface area contributed by atoms with E-state index < -0.39 is 17.6 Å². The van der Waals surface area contributed by atoms with Gasteiger partial charge < -0.3 is 9.84 Å². The fraction of sp³-hybridized carbons (Fsp3) is 0.333. The average molecular weight is 375 g/mol. The molecule has 2 rings (SSSR count). The monoisotopic (exact) mass is 375 g/mol. The number of methoxy groups -OCH3 is 1. The van der Waals surface area contributed by atoms with Gasteiger partial charge in [-0.25, -0.2) is 4.79 Å². The number of aromatic amines is 1. The van der Waals surface area contributed by atoms with E-state index in [1.807, 2.05) is 37.3 Å². The van der Waals surface area contributed by atoms with Crippen LogP contribution in [0.5, 0.6) is 5.88 Å². The maximum atomic E-state index is 12.1. The molecule has 1 heterocycles. The van der Waals surface area contributed by atoms with Gasteiger partial charge in [0.25, 0.3) is 5.56 Å². The number of ether oxygens (including phenoxy) is 1.